The number of carbonyl (C=O) groups excluding carboxylic acids is 2. The van der Waals surface area contributed by atoms with E-state index in [0.717, 1.165) is 16.3 Å². The average molecular weight is 578 g/mol. The van der Waals surface area contributed by atoms with Gasteiger partial charge in [-0.05, 0) is 51.5 Å². The van der Waals surface area contributed by atoms with Crippen LogP contribution >= 0.6 is 11.3 Å². The van der Waals surface area contributed by atoms with Crippen molar-refractivity contribution in [3.63, 3.8) is 0 Å². The van der Waals surface area contributed by atoms with Crippen molar-refractivity contribution in [3.05, 3.63) is 87.7 Å². The molecular weight excluding hydrogens is 542 g/mol. The minimum absolute atomic E-state index is 0.0440. The van der Waals surface area contributed by atoms with Gasteiger partial charge in [0, 0.05) is 42.8 Å². The number of methoxy groups -OCH3 is 1. The highest BCUT2D eigenvalue weighted by Gasteiger charge is 2.41. The molecule has 216 valence electrons. The van der Waals surface area contributed by atoms with E-state index >= 15 is 0 Å². The van der Waals surface area contributed by atoms with Gasteiger partial charge in [0.05, 0.1) is 13.2 Å². The fraction of sp³-hybridized carbons (Fsp3) is 0.367. The van der Waals surface area contributed by atoms with Crippen LogP contribution in [0.1, 0.15) is 53.3 Å². The van der Waals surface area contributed by atoms with Crippen LogP contribution in [0, 0.1) is 6.92 Å². The summed E-state index contributed by atoms with van der Waals surface area (Å²) in [4.78, 5) is 32.2. The molecule has 0 saturated carbocycles. The lowest BCUT2D eigenvalue weighted by Crippen LogP contribution is -2.52. The summed E-state index contributed by atoms with van der Waals surface area (Å²) < 4.78 is 17.3. The van der Waals surface area contributed by atoms with Crippen LogP contribution in [0.3, 0.4) is 0 Å². The average Bonchev–Trinajstić information content (AvgIpc) is 3.57. The van der Waals surface area contributed by atoms with Crippen LogP contribution in [0.5, 0.6) is 0 Å². The molecule has 2 heterocycles. The van der Waals surface area contributed by atoms with Crippen molar-refractivity contribution in [2.75, 3.05) is 20.8 Å². The van der Waals surface area contributed by atoms with Crippen molar-refractivity contribution in [1.82, 2.24) is 25.4 Å². The fourth-order valence-corrected chi connectivity index (χ4v) is 5.12. The molecule has 0 bridgehead atoms. The number of aromatic nitrogens is 3. The Labute approximate surface area is 243 Å². The third kappa shape index (κ3) is 7.77. The zero-order chi connectivity index (χ0) is 29.6. The predicted octanol–water partition coefficient (Wildman–Crippen LogP) is 5.38. The van der Waals surface area contributed by atoms with E-state index < -0.39 is 17.2 Å². The Kier molecular flexibility index (Phi) is 9.19. The zero-order valence-electron chi connectivity index (χ0n) is 24.1. The van der Waals surface area contributed by atoms with Gasteiger partial charge in [-0.3, -0.25) is 4.79 Å². The Hall–Kier alpha value is -4.09. The van der Waals surface area contributed by atoms with Crippen molar-refractivity contribution in [2.45, 2.75) is 51.8 Å². The Morgan fingerprint density at radius 1 is 1.07 bits per heavy atom. The number of carbonyl (C=O) groups is 2. The number of hydrogen-bond acceptors (Lipinski definition) is 9. The van der Waals surface area contributed by atoms with Gasteiger partial charge in [-0.25, -0.2) is 9.78 Å². The number of rotatable bonds is 10. The second-order valence-corrected chi connectivity index (χ2v) is 11.8. The van der Waals surface area contributed by atoms with Crippen LogP contribution in [-0.4, -0.2) is 58.4 Å². The third-order valence-corrected chi connectivity index (χ3v) is 7.01. The molecule has 1 N–H and O–H groups in total. The normalized spacial score (nSPS) is 12.9. The van der Waals surface area contributed by atoms with Gasteiger partial charge in [-0.15, -0.1) is 21.5 Å². The first-order chi connectivity index (χ1) is 19.5. The predicted molar refractivity (Wildman–Crippen MR) is 155 cm³/mol. The Balaban J connectivity index is 1.64. The maximum atomic E-state index is 13.2. The lowest BCUT2D eigenvalue weighted by atomic mass is 9.91. The molecule has 2 aromatic carbocycles. The Morgan fingerprint density at radius 3 is 2.49 bits per heavy atom. The third-order valence-electron chi connectivity index (χ3n) is 6.06. The number of benzene rings is 2. The minimum atomic E-state index is -1.22. The molecule has 4 aromatic rings. The number of alkyl carbamates (subject to hydrolysis) is 1. The molecule has 0 aliphatic rings. The molecule has 4 rings (SSSR count). The van der Waals surface area contributed by atoms with E-state index in [1.54, 1.807) is 57.0 Å². The first-order valence-corrected chi connectivity index (χ1v) is 14.0. The van der Waals surface area contributed by atoms with Gasteiger partial charge in [0.25, 0.3) is 5.91 Å². The summed E-state index contributed by atoms with van der Waals surface area (Å²) >= 11 is 1.52. The van der Waals surface area contributed by atoms with Crippen molar-refractivity contribution >= 4 is 23.3 Å². The van der Waals surface area contributed by atoms with E-state index in [-0.39, 0.29) is 24.3 Å². The maximum absolute atomic E-state index is 13.2. The van der Waals surface area contributed by atoms with Crippen LogP contribution in [0.25, 0.3) is 11.5 Å². The number of nitrogens with zero attached hydrogens (tertiary/aromatic N) is 4. The van der Waals surface area contributed by atoms with Gasteiger partial charge in [0.1, 0.15) is 16.1 Å². The standard InChI is InChI=1S/C30H35N5O5S/c1-20-18-41-24(31-20)17-35(5)26(36)23-14-10-13-22(15-23)25-33-34-27(39-25)30(19-38-6,16-21-11-8-7-9-12-21)32-28(37)40-29(2,3)4/h7-15,18H,16-17,19H2,1-6H3,(H,32,37). The lowest BCUT2D eigenvalue weighted by Gasteiger charge is -2.32. The molecule has 1 atom stereocenters. The van der Waals surface area contributed by atoms with Gasteiger partial charge >= 0.3 is 6.09 Å². The number of nitrogens with one attached hydrogen (secondary N) is 1. The van der Waals surface area contributed by atoms with Crippen LogP contribution in [0.15, 0.2) is 64.4 Å². The smallest absolute Gasteiger partial charge is 0.408 e. The molecule has 0 fully saturated rings. The SMILES string of the molecule is COCC(Cc1ccccc1)(NC(=O)OC(C)(C)C)c1nnc(-c2cccc(C(=O)N(C)Cc3nc(C)cs3)c2)o1. The molecule has 41 heavy (non-hydrogen) atoms. The molecule has 0 radical (unpaired) electrons. The summed E-state index contributed by atoms with van der Waals surface area (Å²) in [7, 11) is 3.27. The highest BCUT2D eigenvalue weighted by atomic mass is 32.1. The minimum Gasteiger partial charge on any atom is -0.444 e. The summed E-state index contributed by atoms with van der Waals surface area (Å²) in [6, 6.07) is 16.6. The van der Waals surface area contributed by atoms with Gasteiger partial charge in [0.15, 0.2) is 0 Å². The summed E-state index contributed by atoms with van der Waals surface area (Å²) in [5.74, 6) is 0.188. The summed E-state index contributed by atoms with van der Waals surface area (Å²) in [6.45, 7) is 7.74. The quantitative estimate of drug-likeness (QED) is 0.267. The highest BCUT2D eigenvalue weighted by Crippen LogP contribution is 2.30. The van der Waals surface area contributed by atoms with Crippen LogP contribution in [0.2, 0.25) is 0 Å². The van der Waals surface area contributed by atoms with Crippen molar-refractivity contribution < 1.29 is 23.5 Å². The molecule has 0 aliphatic heterocycles. The second kappa shape index (κ2) is 12.6. The number of ether oxygens (including phenoxy) is 2. The topological polar surface area (TPSA) is 120 Å². The number of aryl methyl sites for hydroxylation is 1. The van der Waals surface area contributed by atoms with Crippen molar-refractivity contribution in [2.24, 2.45) is 0 Å². The van der Waals surface area contributed by atoms with Crippen molar-refractivity contribution in [1.29, 1.82) is 0 Å². The molecule has 11 heteroatoms. The molecular formula is C30H35N5O5S. The van der Waals surface area contributed by atoms with Crippen LogP contribution < -0.4 is 5.32 Å². The van der Waals surface area contributed by atoms with Crippen LogP contribution in [-0.2, 0) is 28.0 Å². The Bertz CT molecular complexity index is 1480. The van der Waals surface area contributed by atoms with E-state index in [4.69, 9.17) is 13.9 Å². The van der Waals surface area contributed by atoms with E-state index in [1.165, 1.54) is 18.4 Å². The van der Waals surface area contributed by atoms with Gasteiger partial charge in [0.2, 0.25) is 11.8 Å². The number of thiazole rings is 1. The van der Waals surface area contributed by atoms with Gasteiger partial charge in [-0.2, -0.15) is 0 Å². The van der Waals surface area contributed by atoms with E-state index in [0.29, 0.717) is 24.1 Å². The largest absolute Gasteiger partial charge is 0.444 e. The van der Waals surface area contributed by atoms with Gasteiger partial charge in [-0.1, -0.05) is 36.4 Å². The molecule has 0 aliphatic carbocycles. The molecule has 0 saturated heterocycles. The molecule has 0 spiro atoms. The monoisotopic (exact) mass is 577 g/mol. The Morgan fingerprint density at radius 2 is 1.83 bits per heavy atom. The number of hydrogen-bond donors (Lipinski definition) is 1. The highest BCUT2D eigenvalue weighted by molar-refractivity contribution is 7.09. The van der Waals surface area contributed by atoms with E-state index in [9.17, 15) is 9.59 Å². The first-order valence-electron chi connectivity index (χ1n) is 13.1. The fourth-order valence-electron chi connectivity index (χ4n) is 4.30. The van der Waals surface area contributed by atoms with Crippen molar-refractivity contribution in [3.8, 4) is 11.5 Å². The molecule has 2 aromatic heterocycles. The van der Waals surface area contributed by atoms with E-state index in [1.807, 2.05) is 42.6 Å². The van der Waals surface area contributed by atoms with E-state index in [2.05, 4.69) is 20.5 Å². The molecule has 1 unspecified atom stereocenters. The summed E-state index contributed by atoms with van der Waals surface area (Å²) in [5.41, 5.74) is 0.954. The zero-order valence-corrected chi connectivity index (χ0v) is 24.9. The summed E-state index contributed by atoms with van der Waals surface area (Å²) in [6.07, 6.45) is -0.335. The second-order valence-electron chi connectivity index (χ2n) is 10.8. The molecule has 2 amide bonds. The lowest BCUT2D eigenvalue weighted by molar-refractivity contribution is 0.0300. The molecule has 10 nitrogen and oxygen atoms in total. The number of amides is 2. The van der Waals surface area contributed by atoms with Gasteiger partial charge < -0.3 is 24.1 Å². The first kappa shape index (κ1) is 29.9. The summed E-state index contributed by atoms with van der Waals surface area (Å²) in [5, 5.41) is 14.4. The van der Waals surface area contributed by atoms with Crippen LogP contribution in [0.4, 0.5) is 4.79 Å². The maximum Gasteiger partial charge on any atom is 0.408 e.